The number of benzene rings is 1. The molecule has 0 spiro atoms. The number of carbonyl (C=O) groups is 1. The van der Waals surface area contributed by atoms with E-state index < -0.39 is 29.6 Å². The fourth-order valence-corrected chi connectivity index (χ4v) is 3.64. The number of ether oxygens (including phenoxy) is 2. The van der Waals surface area contributed by atoms with Crippen molar-refractivity contribution in [2.75, 3.05) is 13.2 Å². The second-order valence-corrected chi connectivity index (χ2v) is 6.77. The van der Waals surface area contributed by atoms with E-state index in [9.17, 15) is 20.1 Å². The molecule has 0 radical (unpaired) electrons. The highest BCUT2D eigenvalue weighted by Crippen LogP contribution is 2.45. The van der Waals surface area contributed by atoms with Crippen LogP contribution in [0.4, 0.5) is 0 Å². The molecule has 8 heteroatoms. The van der Waals surface area contributed by atoms with Gasteiger partial charge in [0.2, 0.25) is 11.4 Å². The third-order valence-electron chi connectivity index (χ3n) is 5.01. The van der Waals surface area contributed by atoms with Gasteiger partial charge in [-0.3, -0.25) is 0 Å². The van der Waals surface area contributed by atoms with Gasteiger partial charge in [0.25, 0.3) is 0 Å². The van der Waals surface area contributed by atoms with Crippen LogP contribution in [0, 0.1) is 0 Å². The Morgan fingerprint density at radius 2 is 2.12 bits per heavy atom. The Morgan fingerprint density at radius 1 is 1.35 bits per heavy atom. The highest BCUT2D eigenvalue weighted by atomic mass is 16.7. The minimum Gasteiger partial charge on any atom is -0.451 e. The number of hydrogen-bond donors (Lipinski definition) is 3. The molecule has 140 valence electrons. The molecule has 2 fully saturated rings. The molecule has 0 bridgehead atoms. The minimum atomic E-state index is -2.32. The van der Waals surface area contributed by atoms with Gasteiger partial charge in [-0.15, -0.1) is 0 Å². The first-order chi connectivity index (χ1) is 12.4. The summed E-state index contributed by atoms with van der Waals surface area (Å²) in [5.74, 6) is -3.31. The SMILES string of the molecule is CCCOn1cc(C[C@@]2(O)C(=O)O[C@@H]3C(O)CO[C@@]32O)c2ccccc21. The zero-order valence-corrected chi connectivity index (χ0v) is 14.3. The Morgan fingerprint density at radius 3 is 2.88 bits per heavy atom. The van der Waals surface area contributed by atoms with Crippen LogP contribution in [0.15, 0.2) is 30.5 Å². The molecule has 1 unspecified atom stereocenters. The standard InChI is InChI=1S/C18H21NO7/c1-2-7-25-19-9-11(12-5-3-4-6-13(12)19)8-17(22)16(21)26-15-14(20)10-24-18(15,17)23/h3-6,9,14-15,20,22-23H,2,7-8,10H2,1H3/t14?,15-,17-,18+/m1/s1. The quantitative estimate of drug-likeness (QED) is 0.629. The van der Waals surface area contributed by atoms with E-state index in [1.807, 2.05) is 31.2 Å². The van der Waals surface area contributed by atoms with E-state index in [4.69, 9.17) is 14.3 Å². The summed E-state index contributed by atoms with van der Waals surface area (Å²) < 4.78 is 11.8. The Kier molecular flexibility index (Phi) is 3.96. The maximum atomic E-state index is 12.3. The van der Waals surface area contributed by atoms with E-state index in [1.54, 1.807) is 10.9 Å². The van der Waals surface area contributed by atoms with Crippen molar-refractivity contribution in [1.82, 2.24) is 4.73 Å². The predicted molar refractivity (Wildman–Crippen MR) is 89.1 cm³/mol. The van der Waals surface area contributed by atoms with E-state index >= 15 is 0 Å². The first-order valence-electron chi connectivity index (χ1n) is 8.61. The summed E-state index contributed by atoms with van der Waals surface area (Å²) in [6, 6.07) is 7.39. The highest BCUT2D eigenvalue weighted by molar-refractivity contribution is 5.88. The molecule has 2 aliphatic heterocycles. The van der Waals surface area contributed by atoms with E-state index in [1.165, 1.54) is 0 Å². The van der Waals surface area contributed by atoms with E-state index in [-0.39, 0.29) is 13.0 Å². The summed E-state index contributed by atoms with van der Waals surface area (Å²) in [6.07, 6.45) is -0.245. The van der Waals surface area contributed by atoms with Crippen LogP contribution in [-0.2, 0) is 20.7 Å². The summed E-state index contributed by atoms with van der Waals surface area (Å²) in [5.41, 5.74) is -0.952. The third kappa shape index (κ3) is 2.26. The summed E-state index contributed by atoms with van der Waals surface area (Å²) in [5, 5.41) is 32.4. The van der Waals surface area contributed by atoms with Crippen LogP contribution in [0.3, 0.4) is 0 Å². The molecule has 8 nitrogen and oxygen atoms in total. The van der Waals surface area contributed by atoms with Crippen molar-refractivity contribution in [3.63, 3.8) is 0 Å². The van der Waals surface area contributed by atoms with Crippen LogP contribution in [0.5, 0.6) is 0 Å². The van der Waals surface area contributed by atoms with Crippen LogP contribution >= 0.6 is 0 Å². The van der Waals surface area contributed by atoms with Crippen molar-refractivity contribution in [3.05, 3.63) is 36.0 Å². The largest absolute Gasteiger partial charge is 0.451 e. The number of aromatic nitrogens is 1. The fourth-order valence-electron chi connectivity index (χ4n) is 3.64. The maximum absolute atomic E-state index is 12.3. The lowest BCUT2D eigenvalue weighted by Crippen LogP contribution is -2.59. The minimum absolute atomic E-state index is 0.224. The van der Waals surface area contributed by atoms with Crippen LogP contribution < -0.4 is 4.84 Å². The lowest BCUT2D eigenvalue weighted by Gasteiger charge is -2.31. The monoisotopic (exact) mass is 363 g/mol. The summed E-state index contributed by atoms with van der Waals surface area (Å²) in [4.78, 5) is 18.0. The van der Waals surface area contributed by atoms with E-state index in [2.05, 4.69) is 0 Å². The van der Waals surface area contributed by atoms with Crippen LogP contribution in [-0.4, -0.2) is 62.8 Å². The lowest BCUT2D eigenvalue weighted by molar-refractivity contribution is -0.262. The van der Waals surface area contributed by atoms with Gasteiger partial charge in [0.1, 0.15) is 12.7 Å². The number of esters is 1. The molecular weight excluding hydrogens is 342 g/mol. The van der Waals surface area contributed by atoms with Crippen molar-refractivity contribution < 1.29 is 34.4 Å². The normalized spacial score (nSPS) is 33.5. The number of fused-ring (bicyclic) bond motifs is 2. The van der Waals surface area contributed by atoms with Gasteiger partial charge in [0.15, 0.2) is 6.10 Å². The number of hydrogen-bond acceptors (Lipinski definition) is 7. The zero-order valence-electron chi connectivity index (χ0n) is 14.3. The maximum Gasteiger partial charge on any atom is 0.344 e. The van der Waals surface area contributed by atoms with Crippen molar-refractivity contribution in [3.8, 4) is 0 Å². The average molecular weight is 363 g/mol. The number of carbonyl (C=O) groups excluding carboxylic acids is 1. The molecule has 0 aliphatic carbocycles. The van der Waals surface area contributed by atoms with Crippen molar-refractivity contribution in [1.29, 1.82) is 0 Å². The molecule has 2 aliphatic rings. The molecule has 26 heavy (non-hydrogen) atoms. The predicted octanol–water partition coefficient (Wildman–Crippen LogP) is -0.241. The molecule has 2 aromatic rings. The van der Waals surface area contributed by atoms with Crippen molar-refractivity contribution in [2.24, 2.45) is 0 Å². The molecule has 3 N–H and O–H groups in total. The topological polar surface area (TPSA) is 110 Å². The Hall–Kier alpha value is -2.13. The number of aliphatic hydroxyl groups excluding tert-OH is 1. The van der Waals surface area contributed by atoms with Crippen molar-refractivity contribution in [2.45, 2.75) is 43.4 Å². The average Bonchev–Trinajstić information content (AvgIpc) is 3.19. The lowest BCUT2D eigenvalue weighted by atomic mass is 9.85. The van der Waals surface area contributed by atoms with Gasteiger partial charge in [-0.25, -0.2) is 4.79 Å². The van der Waals surface area contributed by atoms with Crippen LogP contribution in [0.1, 0.15) is 18.9 Å². The first-order valence-corrected chi connectivity index (χ1v) is 8.61. The number of para-hydroxylation sites is 1. The van der Waals surface area contributed by atoms with E-state index in [0.717, 1.165) is 17.3 Å². The summed E-state index contributed by atoms with van der Waals surface area (Å²) >= 11 is 0. The Labute approximate surface area is 149 Å². The highest BCUT2D eigenvalue weighted by Gasteiger charge is 2.73. The Balaban J connectivity index is 1.74. The van der Waals surface area contributed by atoms with Gasteiger partial charge < -0.3 is 29.6 Å². The van der Waals surface area contributed by atoms with Gasteiger partial charge in [-0.2, -0.15) is 4.73 Å². The molecular formula is C18H21NO7. The van der Waals surface area contributed by atoms with Crippen LogP contribution in [0.25, 0.3) is 10.9 Å². The molecule has 0 amide bonds. The van der Waals surface area contributed by atoms with Gasteiger partial charge in [0, 0.05) is 18.0 Å². The van der Waals surface area contributed by atoms with Gasteiger partial charge >= 0.3 is 5.97 Å². The molecule has 4 rings (SSSR count). The smallest absolute Gasteiger partial charge is 0.344 e. The van der Waals surface area contributed by atoms with Crippen molar-refractivity contribution >= 4 is 16.9 Å². The fraction of sp³-hybridized carbons (Fsp3) is 0.500. The van der Waals surface area contributed by atoms with Gasteiger partial charge in [-0.1, -0.05) is 25.1 Å². The third-order valence-corrected chi connectivity index (χ3v) is 5.01. The second-order valence-electron chi connectivity index (χ2n) is 6.77. The Bertz CT molecular complexity index is 849. The molecule has 1 aromatic carbocycles. The number of nitrogens with zero attached hydrogens (tertiary/aromatic N) is 1. The summed E-state index contributed by atoms with van der Waals surface area (Å²) in [7, 11) is 0. The molecule has 0 saturated carbocycles. The van der Waals surface area contributed by atoms with Gasteiger partial charge in [0.05, 0.1) is 12.1 Å². The van der Waals surface area contributed by atoms with E-state index in [0.29, 0.717) is 12.2 Å². The molecule has 2 saturated heterocycles. The molecule has 4 atom stereocenters. The number of rotatable bonds is 5. The van der Waals surface area contributed by atoms with Crippen LogP contribution in [0.2, 0.25) is 0 Å². The molecule has 1 aromatic heterocycles. The second kappa shape index (κ2) is 5.95. The molecule has 3 heterocycles. The summed E-state index contributed by atoms with van der Waals surface area (Å²) in [6.45, 7) is 2.27. The first kappa shape index (κ1) is 17.3. The van der Waals surface area contributed by atoms with Gasteiger partial charge in [-0.05, 0) is 18.1 Å². The zero-order chi connectivity index (χ0) is 18.5. The number of aliphatic hydroxyl groups is 3.